The fourth-order valence-corrected chi connectivity index (χ4v) is 4.51. The van der Waals surface area contributed by atoms with Crippen molar-refractivity contribution in [2.24, 2.45) is 0 Å². The van der Waals surface area contributed by atoms with Gasteiger partial charge in [-0.1, -0.05) is 0 Å². The molecule has 0 amide bonds. The Morgan fingerprint density at radius 2 is 1.66 bits per heavy atom. The van der Waals surface area contributed by atoms with Crippen LogP contribution in [0.2, 0.25) is 0 Å². The van der Waals surface area contributed by atoms with Crippen LogP contribution in [0.1, 0.15) is 46.9 Å². The van der Waals surface area contributed by atoms with Crippen LogP contribution in [0.5, 0.6) is 11.5 Å². The zero-order chi connectivity index (χ0) is 23.5. The van der Waals surface area contributed by atoms with E-state index in [0.717, 1.165) is 36.7 Å². The van der Waals surface area contributed by atoms with Gasteiger partial charge in [0.05, 0.1) is 23.3 Å². The standard InChI is InChI=1S/C23H28N2O6S/c1-16(26)17-8-11-21(22(14-17)30-4)31-23(27)19-15-18(32(28,29)24(2)3)9-10-20(19)25-12-6-5-7-13-25/h8-11,14-15H,5-7,12-13H2,1-4H3. The number of hydrogen-bond donors (Lipinski definition) is 0. The van der Waals surface area contributed by atoms with Gasteiger partial charge in [0.15, 0.2) is 17.3 Å². The van der Waals surface area contributed by atoms with Crippen molar-refractivity contribution in [1.82, 2.24) is 4.31 Å². The van der Waals surface area contributed by atoms with Gasteiger partial charge in [-0.25, -0.2) is 17.5 Å². The highest BCUT2D eigenvalue weighted by atomic mass is 32.2. The Morgan fingerprint density at radius 3 is 2.25 bits per heavy atom. The maximum atomic E-state index is 13.2. The van der Waals surface area contributed by atoms with E-state index in [9.17, 15) is 18.0 Å². The summed E-state index contributed by atoms with van der Waals surface area (Å²) in [5, 5.41) is 0. The van der Waals surface area contributed by atoms with E-state index in [1.807, 2.05) is 0 Å². The molecule has 9 heteroatoms. The van der Waals surface area contributed by atoms with Crippen LogP contribution < -0.4 is 14.4 Å². The number of nitrogens with zero attached hydrogens (tertiary/aromatic N) is 2. The second-order valence-corrected chi connectivity index (χ2v) is 9.98. The van der Waals surface area contributed by atoms with Crippen molar-refractivity contribution in [3.8, 4) is 11.5 Å². The summed E-state index contributed by atoms with van der Waals surface area (Å²) in [6.45, 7) is 2.98. The van der Waals surface area contributed by atoms with Gasteiger partial charge in [-0.15, -0.1) is 0 Å². The minimum absolute atomic E-state index is 0.00843. The number of carbonyl (C=O) groups excluding carboxylic acids is 2. The molecule has 1 saturated heterocycles. The Hall–Kier alpha value is -2.91. The van der Waals surface area contributed by atoms with E-state index in [1.165, 1.54) is 52.4 Å². The van der Waals surface area contributed by atoms with Gasteiger partial charge in [0.1, 0.15) is 0 Å². The molecule has 0 aromatic heterocycles. The maximum Gasteiger partial charge on any atom is 0.345 e. The van der Waals surface area contributed by atoms with E-state index in [4.69, 9.17) is 9.47 Å². The maximum absolute atomic E-state index is 13.2. The number of benzene rings is 2. The third-order valence-electron chi connectivity index (χ3n) is 5.44. The van der Waals surface area contributed by atoms with E-state index in [0.29, 0.717) is 11.3 Å². The molecule has 0 atom stereocenters. The van der Waals surface area contributed by atoms with Crippen LogP contribution in [0.4, 0.5) is 5.69 Å². The lowest BCUT2D eigenvalue weighted by Crippen LogP contribution is -2.31. The van der Waals surface area contributed by atoms with Crippen LogP contribution in [0, 0.1) is 0 Å². The highest BCUT2D eigenvalue weighted by Gasteiger charge is 2.26. The zero-order valence-corrected chi connectivity index (χ0v) is 19.6. The second kappa shape index (κ2) is 9.70. The van der Waals surface area contributed by atoms with Crippen LogP contribution in [-0.4, -0.2) is 58.8 Å². The lowest BCUT2D eigenvalue weighted by atomic mass is 10.1. The summed E-state index contributed by atoms with van der Waals surface area (Å²) >= 11 is 0. The van der Waals surface area contributed by atoms with Crippen molar-refractivity contribution in [3.63, 3.8) is 0 Å². The summed E-state index contributed by atoms with van der Waals surface area (Å²) in [6, 6.07) is 9.08. The first-order valence-corrected chi connectivity index (χ1v) is 11.8. The molecule has 0 radical (unpaired) electrons. The van der Waals surface area contributed by atoms with Gasteiger partial charge in [-0.05, 0) is 62.6 Å². The highest BCUT2D eigenvalue weighted by Crippen LogP contribution is 2.32. The first-order valence-electron chi connectivity index (χ1n) is 10.4. The minimum Gasteiger partial charge on any atom is -0.493 e. The number of anilines is 1. The van der Waals surface area contributed by atoms with Gasteiger partial charge >= 0.3 is 5.97 Å². The van der Waals surface area contributed by atoms with Crippen molar-refractivity contribution in [1.29, 1.82) is 0 Å². The Balaban J connectivity index is 2.03. The number of Topliss-reactive ketones (excluding diaryl/α,β-unsaturated/α-hetero) is 1. The van der Waals surface area contributed by atoms with Crippen molar-refractivity contribution < 1.29 is 27.5 Å². The topological polar surface area (TPSA) is 93.2 Å². The fourth-order valence-electron chi connectivity index (χ4n) is 3.59. The molecule has 8 nitrogen and oxygen atoms in total. The van der Waals surface area contributed by atoms with Gasteiger partial charge < -0.3 is 14.4 Å². The number of rotatable bonds is 7. The molecule has 1 aliphatic rings. The van der Waals surface area contributed by atoms with Crippen LogP contribution in [0.3, 0.4) is 0 Å². The number of hydrogen-bond acceptors (Lipinski definition) is 7. The molecule has 0 N–H and O–H groups in total. The predicted molar refractivity (Wildman–Crippen MR) is 121 cm³/mol. The quantitative estimate of drug-likeness (QED) is 0.355. The number of carbonyl (C=O) groups is 2. The van der Waals surface area contributed by atoms with E-state index in [-0.39, 0.29) is 27.7 Å². The molecule has 2 aromatic carbocycles. The fraction of sp³-hybridized carbons (Fsp3) is 0.391. The smallest absolute Gasteiger partial charge is 0.345 e. The SMILES string of the molecule is COc1cc(C(C)=O)ccc1OC(=O)c1cc(S(=O)(=O)N(C)C)ccc1N1CCCCC1. The number of esters is 1. The van der Waals surface area contributed by atoms with E-state index >= 15 is 0 Å². The summed E-state index contributed by atoms with van der Waals surface area (Å²) in [5.74, 6) is -0.457. The monoisotopic (exact) mass is 460 g/mol. The minimum atomic E-state index is -3.74. The van der Waals surface area contributed by atoms with Crippen LogP contribution >= 0.6 is 0 Å². The molecule has 2 aromatic rings. The molecule has 3 rings (SSSR count). The molecule has 172 valence electrons. The van der Waals surface area contributed by atoms with Gasteiger partial charge in [-0.3, -0.25) is 4.79 Å². The molecule has 0 spiro atoms. The number of ketones is 1. The summed E-state index contributed by atoms with van der Waals surface area (Å²) in [5.41, 5.74) is 1.22. The van der Waals surface area contributed by atoms with Crippen LogP contribution in [0.15, 0.2) is 41.3 Å². The van der Waals surface area contributed by atoms with Crippen molar-refractivity contribution >= 4 is 27.5 Å². The molecule has 1 aliphatic heterocycles. The summed E-state index contributed by atoms with van der Waals surface area (Å²) in [6.07, 6.45) is 3.10. The molecule has 0 bridgehead atoms. The molecular weight excluding hydrogens is 432 g/mol. The van der Waals surface area contributed by atoms with Gasteiger partial charge in [0.25, 0.3) is 0 Å². The van der Waals surface area contributed by atoms with Crippen molar-refractivity contribution in [2.45, 2.75) is 31.1 Å². The Bertz CT molecular complexity index is 1120. The number of methoxy groups -OCH3 is 1. The van der Waals surface area contributed by atoms with E-state index in [2.05, 4.69) is 4.90 Å². The number of piperidine rings is 1. The lowest BCUT2D eigenvalue weighted by molar-refractivity contribution is 0.0730. The average Bonchev–Trinajstić information content (AvgIpc) is 2.79. The van der Waals surface area contributed by atoms with E-state index in [1.54, 1.807) is 12.1 Å². The molecular formula is C23H28N2O6S. The normalized spacial score (nSPS) is 14.3. The molecule has 1 fully saturated rings. The molecule has 0 aliphatic carbocycles. The van der Waals surface area contributed by atoms with Crippen molar-refractivity contribution in [2.75, 3.05) is 39.2 Å². The average molecular weight is 461 g/mol. The number of sulfonamides is 1. The summed E-state index contributed by atoms with van der Waals surface area (Å²) in [4.78, 5) is 27.0. The van der Waals surface area contributed by atoms with Gasteiger partial charge in [-0.2, -0.15) is 0 Å². The van der Waals surface area contributed by atoms with Crippen LogP contribution in [0.25, 0.3) is 0 Å². The third kappa shape index (κ3) is 4.94. The Kier molecular flexibility index (Phi) is 7.20. The first-order chi connectivity index (χ1) is 15.1. The number of ether oxygens (including phenoxy) is 2. The molecule has 32 heavy (non-hydrogen) atoms. The summed E-state index contributed by atoms with van der Waals surface area (Å²) in [7, 11) is 0.556. The molecule has 0 saturated carbocycles. The van der Waals surface area contributed by atoms with E-state index < -0.39 is 16.0 Å². The predicted octanol–water partition coefficient (Wildman–Crippen LogP) is 3.36. The molecule has 1 heterocycles. The molecule has 0 unspecified atom stereocenters. The Morgan fingerprint density at radius 1 is 0.969 bits per heavy atom. The Labute approximate surface area is 188 Å². The van der Waals surface area contributed by atoms with Crippen molar-refractivity contribution in [3.05, 3.63) is 47.5 Å². The van der Waals surface area contributed by atoms with Gasteiger partial charge in [0.2, 0.25) is 10.0 Å². The summed E-state index contributed by atoms with van der Waals surface area (Å²) < 4.78 is 37.3. The lowest BCUT2D eigenvalue weighted by Gasteiger charge is -2.30. The third-order valence-corrected chi connectivity index (χ3v) is 7.25. The first kappa shape index (κ1) is 23.7. The zero-order valence-electron chi connectivity index (χ0n) is 18.8. The second-order valence-electron chi connectivity index (χ2n) is 7.83. The van der Waals surface area contributed by atoms with Gasteiger partial charge in [0, 0.05) is 32.7 Å². The van der Waals surface area contributed by atoms with Crippen LogP contribution in [-0.2, 0) is 10.0 Å². The largest absolute Gasteiger partial charge is 0.493 e. The highest BCUT2D eigenvalue weighted by molar-refractivity contribution is 7.89.